The van der Waals surface area contributed by atoms with E-state index >= 15 is 0 Å². The quantitative estimate of drug-likeness (QED) is 0.697. The third-order valence-electron chi connectivity index (χ3n) is 4.02. The zero-order chi connectivity index (χ0) is 14.6. The minimum absolute atomic E-state index is 0.144. The maximum Gasteiger partial charge on any atom is 0.325 e. The summed E-state index contributed by atoms with van der Waals surface area (Å²) in [7, 11) is 1.47. The Morgan fingerprint density at radius 2 is 2.25 bits per heavy atom. The lowest BCUT2D eigenvalue weighted by molar-refractivity contribution is -0.148. The second-order valence-electron chi connectivity index (χ2n) is 6.23. The van der Waals surface area contributed by atoms with Crippen molar-refractivity contribution in [3.63, 3.8) is 0 Å². The molecule has 0 aromatic heterocycles. The monoisotopic (exact) mass is 301 g/mol. The predicted octanol–water partition coefficient (Wildman–Crippen LogP) is 2.36. The first-order chi connectivity index (χ1) is 9.53. The number of carbonyl (C=O) groups excluding carboxylic acids is 1. The number of nitrogens with one attached hydrogen (secondary N) is 1. The van der Waals surface area contributed by atoms with Crippen molar-refractivity contribution in [1.29, 1.82) is 0 Å². The molecule has 3 atom stereocenters. The first-order valence-electron chi connectivity index (χ1n) is 7.63. The average molecular weight is 301 g/mol. The number of ether oxygens (including phenoxy) is 2. The van der Waals surface area contributed by atoms with Crippen molar-refractivity contribution in [3.05, 3.63) is 0 Å². The van der Waals surface area contributed by atoms with Crippen LogP contribution in [0.2, 0.25) is 0 Å². The molecule has 2 rings (SSSR count). The van der Waals surface area contributed by atoms with Crippen LogP contribution in [0.5, 0.6) is 0 Å². The van der Waals surface area contributed by atoms with E-state index in [0.717, 1.165) is 18.8 Å². The van der Waals surface area contributed by atoms with E-state index < -0.39 is 5.54 Å². The van der Waals surface area contributed by atoms with Gasteiger partial charge >= 0.3 is 5.97 Å². The van der Waals surface area contributed by atoms with E-state index in [9.17, 15) is 4.79 Å². The summed E-state index contributed by atoms with van der Waals surface area (Å²) in [5.74, 6) is 0.885. The van der Waals surface area contributed by atoms with Crippen molar-refractivity contribution in [3.8, 4) is 0 Å². The molecule has 1 N–H and O–H groups in total. The summed E-state index contributed by atoms with van der Waals surface area (Å²) >= 11 is 1.90. The summed E-state index contributed by atoms with van der Waals surface area (Å²) in [4.78, 5) is 12.1. The maximum atomic E-state index is 12.1. The van der Waals surface area contributed by atoms with Crippen molar-refractivity contribution in [2.45, 2.75) is 68.9 Å². The average Bonchev–Trinajstić information content (AvgIpc) is 3.07. The van der Waals surface area contributed by atoms with Gasteiger partial charge in [0, 0.05) is 23.7 Å². The lowest BCUT2D eigenvalue weighted by atomic mass is 9.96. The highest BCUT2D eigenvalue weighted by molar-refractivity contribution is 7.99. The lowest BCUT2D eigenvalue weighted by Gasteiger charge is -2.31. The van der Waals surface area contributed by atoms with Crippen LogP contribution in [-0.2, 0) is 14.3 Å². The molecule has 4 nitrogen and oxygen atoms in total. The highest BCUT2D eigenvalue weighted by Crippen LogP contribution is 2.29. The summed E-state index contributed by atoms with van der Waals surface area (Å²) in [5.41, 5.74) is -0.557. The molecule has 2 aliphatic rings. The molecular formula is C15H27NO3S. The molecule has 116 valence electrons. The van der Waals surface area contributed by atoms with Crippen LogP contribution in [0.4, 0.5) is 0 Å². The predicted molar refractivity (Wildman–Crippen MR) is 82.1 cm³/mol. The molecule has 0 aromatic rings. The maximum absolute atomic E-state index is 12.1. The Morgan fingerprint density at radius 1 is 1.50 bits per heavy atom. The zero-order valence-corrected chi connectivity index (χ0v) is 13.6. The Balaban J connectivity index is 1.80. The fourth-order valence-corrected chi connectivity index (χ4v) is 4.04. The van der Waals surface area contributed by atoms with Gasteiger partial charge in [-0.25, -0.2) is 0 Å². The van der Waals surface area contributed by atoms with Gasteiger partial charge in [0.1, 0.15) is 5.54 Å². The Hall–Kier alpha value is -0.260. The van der Waals surface area contributed by atoms with Crippen LogP contribution in [-0.4, -0.2) is 48.4 Å². The highest BCUT2D eigenvalue weighted by Gasteiger charge is 2.40. The fraction of sp³-hybridized carbons (Fsp3) is 0.933. The minimum atomic E-state index is -0.557. The standard InChI is InChI=1S/C15H27NO3S/c1-11(20-10-13-5-4-8-19-13)9-15(2,14(17)18-3)16-12-6-7-12/h11-13,16H,4-10H2,1-3H3. The molecule has 1 aliphatic carbocycles. The zero-order valence-electron chi connectivity index (χ0n) is 12.8. The van der Waals surface area contributed by atoms with E-state index in [2.05, 4.69) is 12.2 Å². The topological polar surface area (TPSA) is 47.6 Å². The van der Waals surface area contributed by atoms with Crippen LogP contribution in [0.25, 0.3) is 0 Å². The van der Waals surface area contributed by atoms with E-state index in [4.69, 9.17) is 9.47 Å². The smallest absolute Gasteiger partial charge is 0.325 e. The van der Waals surface area contributed by atoms with Crippen LogP contribution in [0.1, 0.15) is 46.0 Å². The van der Waals surface area contributed by atoms with Gasteiger partial charge < -0.3 is 9.47 Å². The Kier molecular flexibility index (Phi) is 5.75. The molecule has 1 heterocycles. The number of hydrogen-bond acceptors (Lipinski definition) is 5. The molecule has 0 bridgehead atoms. The number of thioether (sulfide) groups is 1. The van der Waals surface area contributed by atoms with E-state index in [0.29, 0.717) is 17.4 Å². The molecule has 0 amide bonds. The summed E-state index contributed by atoms with van der Waals surface area (Å²) in [6.07, 6.45) is 5.90. The van der Waals surface area contributed by atoms with Gasteiger partial charge in [0.05, 0.1) is 13.2 Å². The molecule has 1 saturated heterocycles. The van der Waals surface area contributed by atoms with Crippen LogP contribution in [0.15, 0.2) is 0 Å². The van der Waals surface area contributed by atoms with Gasteiger partial charge in [-0.05, 0) is 39.0 Å². The molecule has 0 spiro atoms. The van der Waals surface area contributed by atoms with E-state index in [1.54, 1.807) is 0 Å². The molecule has 1 aliphatic heterocycles. The number of hydrogen-bond donors (Lipinski definition) is 1. The molecule has 5 heteroatoms. The lowest BCUT2D eigenvalue weighted by Crippen LogP contribution is -2.52. The molecule has 20 heavy (non-hydrogen) atoms. The van der Waals surface area contributed by atoms with Crippen LogP contribution >= 0.6 is 11.8 Å². The number of methoxy groups -OCH3 is 1. The largest absolute Gasteiger partial charge is 0.468 e. The third-order valence-corrected chi connectivity index (χ3v) is 5.32. The van der Waals surface area contributed by atoms with Gasteiger partial charge in [-0.2, -0.15) is 11.8 Å². The van der Waals surface area contributed by atoms with Gasteiger partial charge in [0.25, 0.3) is 0 Å². The van der Waals surface area contributed by atoms with Crippen molar-refractivity contribution < 1.29 is 14.3 Å². The van der Waals surface area contributed by atoms with Crippen molar-refractivity contribution >= 4 is 17.7 Å². The molecule has 2 fully saturated rings. The van der Waals surface area contributed by atoms with Gasteiger partial charge in [-0.15, -0.1) is 0 Å². The Labute approximate surface area is 126 Å². The summed E-state index contributed by atoms with van der Waals surface area (Å²) in [6, 6.07) is 0.495. The van der Waals surface area contributed by atoms with Crippen LogP contribution < -0.4 is 5.32 Å². The Bertz CT molecular complexity index is 329. The third kappa shape index (κ3) is 4.64. The molecule has 0 radical (unpaired) electrons. The minimum Gasteiger partial charge on any atom is -0.468 e. The highest BCUT2D eigenvalue weighted by atomic mass is 32.2. The summed E-state index contributed by atoms with van der Waals surface area (Å²) in [5, 5.41) is 3.87. The Morgan fingerprint density at radius 3 is 2.80 bits per heavy atom. The fourth-order valence-electron chi connectivity index (χ4n) is 2.79. The second-order valence-corrected chi connectivity index (χ2v) is 7.70. The van der Waals surface area contributed by atoms with Gasteiger partial charge in [-0.3, -0.25) is 10.1 Å². The first kappa shape index (κ1) is 16.1. The van der Waals surface area contributed by atoms with Crippen LogP contribution in [0.3, 0.4) is 0 Å². The molecule has 0 aromatic carbocycles. The second kappa shape index (κ2) is 7.14. The SMILES string of the molecule is COC(=O)C(C)(CC(C)SCC1CCCO1)NC1CC1. The van der Waals surface area contributed by atoms with Gasteiger partial charge in [-0.1, -0.05) is 6.92 Å². The summed E-state index contributed by atoms with van der Waals surface area (Å²) in [6.45, 7) is 5.07. The molecule has 1 saturated carbocycles. The van der Waals surface area contributed by atoms with Crippen molar-refractivity contribution in [2.24, 2.45) is 0 Å². The molecular weight excluding hydrogens is 274 g/mol. The molecule has 3 unspecified atom stereocenters. The van der Waals surface area contributed by atoms with Crippen LogP contribution in [0, 0.1) is 0 Å². The first-order valence-corrected chi connectivity index (χ1v) is 8.67. The van der Waals surface area contributed by atoms with Crippen molar-refractivity contribution in [2.75, 3.05) is 19.5 Å². The van der Waals surface area contributed by atoms with Gasteiger partial charge in [0.15, 0.2) is 0 Å². The normalized spacial score (nSPS) is 27.1. The van der Waals surface area contributed by atoms with E-state index in [-0.39, 0.29) is 5.97 Å². The number of rotatable bonds is 8. The summed E-state index contributed by atoms with van der Waals surface area (Å²) < 4.78 is 10.6. The van der Waals surface area contributed by atoms with E-state index in [1.807, 2.05) is 18.7 Å². The van der Waals surface area contributed by atoms with E-state index in [1.165, 1.54) is 32.8 Å². The number of esters is 1. The van der Waals surface area contributed by atoms with Crippen molar-refractivity contribution in [1.82, 2.24) is 5.32 Å². The number of carbonyl (C=O) groups is 1. The van der Waals surface area contributed by atoms with Gasteiger partial charge in [0.2, 0.25) is 0 Å².